The maximum atomic E-state index is 13.8. The van der Waals surface area contributed by atoms with E-state index in [4.69, 9.17) is 0 Å². The molecular formula is C22H23F2N3O2. The number of H-pyrrole nitrogens is 1. The number of hydrogen-bond donors (Lipinski definition) is 3. The number of likely N-dealkylation sites (N-methyl/N-ethyl adjacent to an activating group) is 1. The summed E-state index contributed by atoms with van der Waals surface area (Å²) >= 11 is 0. The molecule has 3 N–H and O–H groups in total. The van der Waals surface area contributed by atoms with Gasteiger partial charge in [0, 0.05) is 29.6 Å². The smallest absolute Gasteiger partial charge is 0.242 e. The Hall–Kier alpha value is -3.22. The zero-order valence-electron chi connectivity index (χ0n) is 16.3. The standard InChI is InChI=1S/C22H23F2N3O2/c1-3-25-22(29)13(2)26-20(28)11-9-17-18-12-16(24)8-10-19(18)27-21(17)14-4-6-15(23)7-5-14/h4-8,10,12-13,27H,3,9,11H2,1-2H3,(H,25,29)(H,26,28). The third-order valence-electron chi connectivity index (χ3n) is 4.72. The fraction of sp³-hybridized carbons (Fsp3) is 0.273. The molecule has 3 aromatic rings. The van der Waals surface area contributed by atoms with Crippen molar-refractivity contribution in [1.82, 2.24) is 15.6 Å². The summed E-state index contributed by atoms with van der Waals surface area (Å²) < 4.78 is 27.1. The average molecular weight is 399 g/mol. The number of aryl methyl sites for hydroxylation is 1. The lowest BCUT2D eigenvalue weighted by molar-refractivity contribution is -0.128. The lowest BCUT2D eigenvalue weighted by atomic mass is 10.0. The van der Waals surface area contributed by atoms with Crippen molar-refractivity contribution < 1.29 is 18.4 Å². The maximum Gasteiger partial charge on any atom is 0.242 e. The van der Waals surface area contributed by atoms with Gasteiger partial charge in [0.1, 0.15) is 17.7 Å². The number of carbonyl (C=O) groups is 2. The molecule has 5 nitrogen and oxygen atoms in total. The van der Waals surface area contributed by atoms with E-state index in [1.165, 1.54) is 24.3 Å². The Morgan fingerprint density at radius 1 is 1.07 bits per heavy atom. The highest BCUT2D eigenvalue weighted by atomic mass is 19.1. The van der Waals surface area contributed by atoms with Gasteiger partial charge in [-0.25, -0.2) is 8.78 Å². The normalized spacial score (nSPS) is 12.0. The van der Waals surface area contributed by atoms with Crippen LogP contribution in [0.1, 0.15) is 25.8 Å². The predicted octanol–water partition coefficient (Wildman–Crippen LogP) is 3.69. The van der Waals surface area contributed by atoms with E-state index in [9.17, 15) is 18.4 Å². The van der Waals surface area contributed by atoms with Crippen molar-refractivity contribution in [2.45, 2.75) is 32.7 Å². The van der Waals surface area contributed by atoms with Crippen LogP contribution in [0, 0.1) is 11.6 Å². The summed E-state index contributed by atoms with van der Waals surface area (Å²) in [5.41, 5.74) is 2.97. The second kappa shape index (κ2) is 8.86. The van der Waals surface area contributed by atoms with E-state index in [2.05, 4.69) is 15.6 Å². The summed E-state index contributed by atoms with van der Waals surface area (Å²) in [6.45, 7) is 3.91. The Balaban J connectivity index is 1.84. The van der Waals surface area contributed by atoms with E-state index >= 15 is 0 Å². The van der Waals surface area contributed by atoms with Crippen LogP contribution in [-0.2, 0) is 16.0 Å². The summed E-state index contributed by atoms with van der Waals surface area (Å²) in [6, 6.07) is 9.76. The molecule has 0 aliphatic heterocycles. The molecule has 0 spiro atoms. The van der Waals surface area contributed by atoms with Crippen LogP contribution < -0.4 is 10.6 Å². The molecule has 1 heterocycles. The molecule has 0 saturated heterocycles. The molecule has 1 aromatic heterocycles. The van der Waals surface area contributed by atoms with Gasteiger partial charge in [0.15, 0.2) is 0 Å². The summed E-state index contributed by atoms with van der Waals surface area (Å²) in [4.78, 5) is 27.4. The third-order valence-corrected chi connectivity index (χ3v) is 4.72. The Kier molecular flexibility index (Phi) is 6.26. The number of aromatic nitrogens is 1. The van der Waals surface area contributed by atoms with Crippen LogP contribution in [0.25, 0.3) is 22.2 Å². The largest absolute Gasteiger partial charge is 0.355 e. The Morgan fingerprint density at radius 3 is 2.45 bits per heavy atom. The highest BCUT2D eigenvalue weighted by Crippen LogP contribution is 2.32. The number of halogens is 2. The van der Waals surface area contributed by atoms with E-state index in [0.717, 1.165) is 22.3 Å². The second-order valence-electron chi connectivity index (χ2n) is 6.86. The Labute approximate surface area is 167 Å². The SMILES string of the molecule is CCNC(=O)C(C)NC(=O)CCc1c(-c2ccc(F)cc2)[nH]c2ccc(F)cc12. The van der Waals surface area contributed by atoms with Crippen LogP contribution in [0.2, 0.25) is 0 Å². The van der Waals surface area contributed by atoms with Crippen LogP contribution in [0.5, 0.6) is 0 Å². The maximum absolute atomic E-state index is 13.8. The van der Waals surface area contributed by atoms with Gasteiger partial charge in [-0.3, -0.25) is 9.59 Å². The highest BCUT2D eigenvalue weighted by molar-refractivity contribution is 5.92. The number of nitrogens with one attached hydrogen (secondary N) is 3. The van der Waals surface area contributed by atoms with Gasteiger partial charge in [-0.15, -0.1) is 0 Å². The fourth-order valence-electron chi connectivity index (χ4n) is 3.29. The molecule has 1 atom stereocenters. The van der Waals surface area contributed by atoms with E-state index in [-0.39, 0.29) is 29.9 Å². The summed E-state index contributed by atoms with van der Waals surface area (Å²) in [5, 5.41) is 6.00. The van der Waals surface area contributed by atoms with Crippen molar-refractivity contribution in [2.75, 3.05) is 6.54 Å². The van der Waals surface area contributed by atoms with Gasteiger partial charge >= 0.3 is 0 Å². The molecule has 7 heteroatoms. The molecule has 2 amide bonds. The van der Waals surface area contributed by atoms with Crippen molar-refractivity contribution in [1.29, 1.82) is 0 Å². The lowest BCUT2D eigenvalue weighted by Crippen LogP contribution is -2.44. The number of carbonyl (C=O) groups excluding carboxylic acids is 2. The first-order chi connectivity index (χ1) is 13.9. The molecule has 0 aliphatic carbocycles. The topological polar surface area (TPSA) is 74.0 Å². The van der Waals surface area contributed by atoms with Gasteiger partial charge in [0.2, 0.25) is 11.8 Å². The van der Waals surface area contributed by atoms with Crippen LogP contribution in [0.15, 0.2) is 42.5 Å². The number of aromatic amines is 1. The zero-order chi connectivity index (χ0) is 21.0. The molecule has 0 fully saturated rings. The molecule has 29 heavy (non-hydrogen) atoms. The van der Waals surface area contributed by atoms with Gasteiger partial charge in [-0.2, -0.15) is 0 Å². The summed E-state index contributed by atoms with van der Waals surface area (Å²) in [7, 11) is 0. The fourth-order valence-corrected chi connectivity index (χ4v) is 3.29. The van der Waals surface area contributed by atoms with Gasteiger partial charge in [0.05, 0.1) is 0 Å². The predicted molar refractivity (Wildman–Crippen MR) is 108 cm³/mol. The van der Waals surface area contributed by atoms with Crippen LogP contribution in [0.3, 0.4) is 0 Å². The first-order valence-corrected chi connectivity index (χ1v) is 9.52. The number of benzene rings is 2. The monoisotopic (exact) mass is 399 g/mol. The molecule has 1 unspecified atom stereocenters. The molecule has 0 aliphatic rings. The summed E-state index contributed by atoms with van der Waals surface area (Å²) in [5.74, 6) is -1.25. The minimum atomic E-state index is -0.639. The van der Waals surface area contributed by atoms with Crippen LogP contribution in [-0.4, -0.2) is 29.4 Å². The van der Waals surface area contributed by atoms with E-state index in [1.54, 1.807) is 32.0 Å². The number of rotatable bonds is 7. The number of hydrogen-bond acceptors (Lipinski definition) is 2. The average Bonchev–Trinajstić information content (AvgIpc) is 3.04. The molecule has 152 valence electrons. The van der Waals surface area contributed by atoms with Gasteiger partial charge < -0.3 is 15.6 Å². The summed E-state index contributed by atoms with van der Waals surface area (Å²) in [6.07, 6.45) is 0.464. The minimum absolute atomic E-state index is 0.126. The molecule has 0 radical (unpaired) electrons. The van der Waals surface area contributed by atoms with Crippen LogP contribution >= 0.6 is 0 Å². The quantitative estimate of drug-likeness (QED) is 0.567. The molecule has 3 rings (SSSR count). The second-order valence-corrected chi connectivity index (χ2v) is 6.86. The number of amides is 2. The molecule has 0 bridgehead atoms. The first kappa shape index (κ1) is 20.5. The highest BCUT2D eigenvalue weighted by Gasteiger charge is 2.18. The number of fused-ring (bicyclic) bond motifs is 1. The van der Waals surface area contributed by atoms with Crippen molar-refractivity contribution in [3.05, 3.63) is 59.7 Å². The third kappa shape index (κ3) is 4.80. The van der Waals surface area contributed by atoms with Crippen LogP contribution in [0.4, 0.5) is 8.78 Å². The first-order valence-electron chi connectivity index (χ1n) is 9.52. The Bertz CT molecular complexity index is 1030. The molecule has 2 aromatic carbocycles. The van der Waals surface area contributed by atoms with E-state index in [1.807, 2.05) is 0 Å². The van der Waals surface area contributed by atoms with Crippen molar-refractivity contribution in [3.8, 4) is 11.3 Å². The molecule has 0 saturated carbocycles. The Morgan fingerprint density at radius 2 is 1.76 bits per heavy atom. The van der Waals surface area contributed by atoms with E-state index in [0.29, 0.717) is 18.4 Å². The van der Waals surface area contributed by atoms with Crippen molar-refractivity contribution >= 4 is 22.7 Å². The van der Waals surface area contributed by atoms with Crippen molar-refractivity contribution in [2.24, 2.45) is 0 Å². The zero-order valence-corrected chi connectivity index (χ0v) is 16.3. The van der Waals surface area contributed by atoms with Gasteiger partial charge in [-0.05, 0) is 73.9 Å². The lowest BCUT2D eigenvalue weighted by Gasteiger charge is -2.13. The minimum Gasteiger partial charge on any atom is -0.355 e. The van der Waals surface area contributed by atoms with E-state index < -0.39 is 6.04 Å². The molecular weight excluding hydrogens is 376 g/mol. The van der Waals surface area contributed by atoms with Gasteiger partial charge in [-0.1, -0.05) is 0 Å². The van der Waals surface area contributed by atoms with Gasteiger partial charge in [0.25, 0.3) is 0 Å². The van der Waals surface area contributed by atoms with Crippen molar-refractivity contribution in [3.63, 3.8) is 0 Å².